The van der Waals surface area contributed by atoms with Gasteiger partial charge in [-0.15, -0.1) is 0 Å². The Labute approximate surface area is 125 Å². The first kappa shape index (κ1) is 13.9. The van der Waals surface area contributed by atoms with E-state index in [9.17, 15) is 4.79 Å². The van der Waals surface area contributed by atoms with Crippen molar-refractivity contribution in [2.24, 2.45) is 0 Å². The van der Waals surface area contributed by atoms with Crippen molar-refractivity contribution in [1.29, 1.82) is 0 Å². The molecule has 0 atom stereocenters. The predicted molar refractivity (Wildman–Crippen MR) is 81.9 cm³/mol. The average molecular weight is 368 g/mol. The highest BCUT2D eigenvalue weighted by atomic mass is 127. The van der Waals surface area contributed by atoms with Crippen molar-refractivity contribution in [3.05, 3.63) is 57.2 Å². The highest BCUT2D eigenvalue weighted by Gasteiger charge is 2.07. The Morgan fingerprint density at radius 1 is 1.16 bits per heavy atom. The van der Waals surface area contributed by atoms with Gasteiger partial charge in [-0.05, 0) is 46.9 Å². The van der Waals surface area contributed by atoms with E-state index in [-0.39, 0.29) is 0 Å². The fourth-order valence-corrected chi connectivity index (χ4v) is 2.19. The molecular formula is C15H13IO3. The van der Waals surface area contributed by atoms with Gasteiger partial charge in [-0.2, -0.15) is 0 Å². The third-order valence-corrected chi connectivity index (χ3v) is 3.72. The van der Waals surface area contributed by atoms with Crippen LogP contribution in [0.3, 0.4) is 0 Å². The lowest BCUT2D eigenvalue weighted by Gasteiger charge is -2.11. The Balaban J connectivity index is 2.15. The summed E-state index contributed by atoms with van der Waals surface area (Å²) in [6.07, 6.45) is 0.784. The highest BCUT2D eigenvalue weighted by Crippen LogP contribution is 2.28. The van der Waals surface area contributed by atoms with E-state index < -0.39 is 0 Å². The van der Waals surface area contributed by atoms with Crippen molar-refractivity contribution in [3.8, 4) is 11.5 Å². The van der Waals surface area contributed by atoms with E-state index in [0.717, 1.165) is 15.4 Å². The molecule has 0 aliphatic carbocycles. The Morgan fingerprint density at radius 3 is 2.63 bits per heavy atom. The number of hydrogen-bond donors (Lipinski definition) is 0. The van der Waals surface area contributed by atoms with E-state index in [1.165, 1.54) is 0 Å². The predicted octanol–water partition coefficient (Wildman–Crippen LogP) is 3.69. The van der Waals surface area contributed by atoms with E-state index in [1.54, 1.807) is 25.3 Å². The number of ether oxygens (including phenoxy) is 2. The molecule has 2 rings (SSSR count). The van der Waals surface area contributed by atoms with Crippen LogP contribution in [0, 0.1) is 3.57 Å². The summed E-state index contributed by atoms with van der Waals surface area (Å²) in [4.78, 5) is 10.7. The molecule has 2 aromatic rings. The van der Waals surface area contributed by atoms with Crippen molar-refractivity contribution in [2.75, 3.05) is 7.11 Å². The molecule has 0 aliphatic heterocycles. The van der Waals surface area contributed by atoms with Gasteiger partial charge in [0.15, 0.2) is 11.5 Å². The third-order valence-electron chi connectivity index (χ3n) is 2.66. The average Bonchev–Trinajstić information content (AvgIpc) is 2.46. The van der Waals surface area contributed by atoms with Gasteiger partial charge in [-0.3, -0.25) is 4.79 Å². The van der Waals surface area contributed by atoms with E-state index in [4.69, 9.17) is 9.47 Å². The van der Waals surface area contributed by atoms with E-state index in [2.05, 4.69) is 22.6 Å². The number of methoxy groups -OCH3 is 1. The molecular weight excluding hydrogens is 355 g/mol. The summed E-state index contributed by atoms with van der Waals surface area (Å²) in [6.45, 7) is 0.468. The summed E-state index contributed by atoms with van der Waals surface area (Å²) in [7, 11) is 1.56. The zero-order valence-corrected chi connectivity index (χ0v) is 12.6. The van der Waals surface area contributed by atoms with Gasteiger partial charge in [0.1, 0.15) is 12.9 Å². The minimum absolute atomic E-state index is 0.468. The standard InChI is InChI=1S/C15H13IO3/c1-18-15-8-11(9-17)6-7-14(15)19-10-12-4-2-3-5-13(12)16/h2-9H,10H2,1H3. The minimum Gasteiger partial charge on any atom is -0.493 e. The molecule has 0 N–H and O–H groups in total. The van der Waals surface area contributed by atoms with Crippen LogP contribution in [0.25, 0.3) is 0 Å². The number of aldehydes is 1. The first-order chi connectivity index (χ1) is 9.24. The second-order valence-corrected chi connectivity index (χ2v) is 5.07. The van der Waals surface area contributed by atoms with Gasteiger partial charge >= 0.3 is 0 Å². The lowest BCUT2D eigenvalue weighted by molar-refractivity contribution is 0.112. The molecule has 0 spiro atoms. The first-order valence-corrected chi connectivity index (χ1v) is 6.82. The maximum absolute atomic E-state index is 10.7. The van der Waals surface area contributed by atoms with Crippen LogP contribution in [0.1, 0.15) is 15.9 Å². The van der Waals surface area contributed by atoms with Crippen molar-refractivity contribution in [1.82, 2.24) is 0 Å². The molecule has 3 nitrogen and oxygen atoms in total. The maximum atomic E-state index is 10.7. The van der Waals surface area contributed by atoms with Crippen LogP contribution in [0.5, 0.6) is 11.5 Å². The van der Waals surface area contributed by atoms with Crippen LogP contribution in [0.15, 0.2) is 42.5 Å². The molecule has 0 aliphatic rings. The molecule has 2 aromatic carbocycles. The van der Waals surface area contributed by atoms with Gasteiger partial charge in [0, 0.05) is 14.7 Å². The van der Waals surface area contributed by atoms with Crippen LogP contribution in [0.2, 0.25) is 0 Å². The van der Waals surface area contributed by atoms with Crippen molar-refractivity contribution < 1.29 is 14.3 Å². The Bertz CT molecular complexity index is 581. The molecule has 0 radical (unpaired) electrons. The second kappa shape index (κ2) is 6.56. The zero-order valence-electron chi connectivity index (χ0n) is 10.4. The second-order valence-electron chi connectivity index (χ2n) is 3.91. The lowest BCUT2D eigenvalue weighted by atomic mass is 10.2. The van der Waals surface area contributed by atoms with Gasteiger partial charge in [-0.1, -0.05) is 18.2 Å². The minimum atomic E-state index is 0.468. The Kier molecular flexibility index (Phi) is 4.79. The first-order valence-electron chi connectivity index (χ1n) is 5.74. The summed E-state index contributed by atoms with van der Waals surface area (Å²) >= 11 is 2.27. The largest absolute Gasteiger partial charge is 0.493 e. The molecule has 0 amide bonds. The molecule has 0 aromatic heterocycles. The van der Waals surface area contributed by atoms with Crippen LogP contribution in [-0.4, -0.2) is 13.4 Å². The maximum Gasteiger partial charge on any atom is 0.161 e. The molecule has 19 heavy (non-hydrogen) atoms. The molecule has 4 heteroatoms. The van der Waals surface area contributed by atoms with Gasteiger partial charge in [-0.25, -0.2) is 0 Å². The Hall–Kier alpha value is -1.56. The molecule has 0 heterocycles. The van der Waals surface area contributed by atoms with Crippen molar-refractivity contribution in [2.45, 2.75) is 6.61 Å². The third kappa shape index (κ3) is 3.47. The van der Waals surface area contributed by atoms with E-state index >= 15 is 0 Å². The quantitative estimate of drug-likeness (QED) is 0.597. The van der Waals surface area contributed by atoms with Gasteiger partial charge in [0.05, 0.1) is 7.11 Å². The van der Waals surface area contributed by atoms with Crippen LogP contribution < -0.4 is 9.47 Å². The van der Waals surface area contributed by atoms with E-state index in [1.807, 2.05) is 24.3 Å². The monoisotopic (exact) mass is 368 g/mol. The van der Waals surface area contributed by atoms with E-state index in [0.29, 0.717) is 23.7 Å². The molecule has 0 unspecified atom stereocenters. The summed E-state index contributed by atoms with van der Waals surface area (Å²) in [5.74, 6) is 1.20. The van der Waals surface area contributed by atoms with Crippen molar-refractivity contribution >= 4 is 28.9 Å². The normalized spacial score (nSPS) is 10.0. The summed E-state index contributed by atoms with van der Waals surface area (Å²) in [6, 6.07) is 13.1. The highest BCUT2D eigenvalue weighted by molar-refractivity contribution is 14.1. The van der Waals surface area contributed by atoms with Crippen LogP contribution in [0.4, 0.5) is 0 Å². The topological polar surface area (TPSA) is 35.5 Å². The smallest absolute Gasteiger partial charge is 0.161 e. The summed E-state index contributed by atoms with van der Waals surface area (Å²) in [5, 5.41) is 0. The number of halogens is 1. The molecule has 0 bridgehead atoms. The fourth-order valence-electron chi connectivity index (χ4n) is 1.65. The molecule has 0 saturated carbocycles. The molecule has 98 valence electrons. The van der Waals surface area contributed by atoms with Gasteiger partial charge < -0.3 is 9.47 Å². The van der Waals surface area contributed by atoms with Gasteiger partial charge in [0.2, 0.25) is 0 Å². The van der Waals surface area contributed by atoms with Gasteiger partial charge in [0.25, 0.3) is 0 Å². The molecule has 0 saturated heterocycles. The van der Waals surface area contributed by atoms with Crippen LogP contribution in [-0.2, 0) is 6.61 Å². The van der Waals surface area contributed by atoms with Crippen molar-refractivity contribution in [3.63, 3.8) is 0 Å². The lowest BCUT2D eigenvalue weighted by Crippen LogP contribution is -1.99. The number of benzene rings is 2. The number of hydrogen-bond acceptors (Lipinski definition) is 3. The summed E-state index contributed by atoms with van der Waals surface area (Å²) in [5.41, 5.74) is 1.68. The summed E-state index contributed by atoms with van der Waals surface area (Å²) < 4.78 is 12.1. The SMILES string of the molecule is COc1cc(C=O)ccc1OCc1ccccc1I. The Morgan fingerprint density at radius 2 is 1.95 bits per heavy atom. The number of rotatable bonds is 5. The number of carbonyl (C=O) groups is 1. The number of carbonyl (C=O) groups excluding carboxylic acids is 1. The zero-order chi connectivity index (χ0) is 13.7. The molecule has 0 fully saturated rings. The fraction of sp³-hybridized carbons (Fsp3) is 0.133. The van der Waals surface area contributed by atoms with Crippen LogP contribution >= 0.6 is 22.6 Å².